The summed E-state index contributed by atoms with van der Waals surface area (Å²) in [7, 11) is 0. The van der Waals surface area contributed by atoms with Crippen molar-refractivity contribution in [3.05, 3.63) is 45.1 Å². The Bertz CT molecular complexity index is 654. The summed E-state index contributed by atoms with van der Waals surface area (Å²) in [6, 6.07) is 5.84. The summed E-state index contributed by atoms with van der Waals surface area (Å²) < 4.78 is 0. The molecule has 2 aromatic rings. The molecule has 1 heterocycles. The smallest absolute Gasteiger partial charge is 0.337 e. The number of carboxylic acids is 1. The first-order valence-corrected chi connectivity index (χ1v) is 6.42. The average Bonchev–Trinajstić information content (AvgIpc) is 2.77. The van der Waals surface area contributed by atoms with E-state index in [0.717, 1.165) is 0 Å². The van der Waals surface area contributed by atoms with Gasteiger partial charge in [-0.1, -0.05) is 11.6 Å². The highest BCUT2D eigenvalue weighted by molar-refractivity contribution is 7.12. The summed E-state index contributed by atoms with van der Waals surface area (Å²) >= 11 is 7.02. The number of carbonyl (C=O) groups excluding carboxylic acids is 1. The first kappa shape index (κ1) is 13.4. The summed E-state index contributed by atoms with van der Waals surface area (Å²) in [4.78, 5) is 23.4. The molecule has 19 heavy (non-hydrogen) atoms. The van der Waals surface area contributed by atoms with Gasteiger partial charge in [-0.15, -0.1) is 11.3 Å². The summed E-state index contributed by atoms with van der Waals surface area (Å²) in [5.41, 5.74) is 5.94. The van der Waals surface area contributed by atoms with Crippen LogP contribution in [0.15, 0.2) is 29.6 Å². The van der Waals surface area contributed by atoms with Gasteiger partial charge in [-0.2, -0.15) is 0 Å². The fourth-order valence-electron chi connectivity index (χ4n) is 1.48. The average molecular weight is 297 g/mol. The molecular weight excluding hydrogens is 288 g/mol. The minimum absolute atomic E-state index is 0.0685. The number of aromatic carboxylic acids is 1. The third kappa shape index (κ3) is 2.86. The topological polar surface area (TPSA) is 92.4 Å². The fraction of sp³-hybridized carbons (Fsp3) is 0. The van der Waals surface area contributed by atoms with Crippen LogP contribution in [0.1, 0.15) is 20.0 Å². The van der Waals surface area contributed by atoms with Gasteiger partial charge in [0, 0.05) is 5.69 Å². The summed E-state index contributed by atoms with van der Waals surface area (Å²) in [5, 5.41) is 13.6. The largest absolute Gasteiger partial charge is 0.478 e. The third-order valence-electron chi connectivity index (χ3n) is 2.35. The van der Waals surface area contributed by atoms with Crippen molar-refractivity contribution in [3.8, 4) is 0 Å². The van der Waals surface area contributed by atoms with E-state index >= 15 is 0 Å². The normalized spacial score (nSPS) is 10.2. The van der Waals surface area contributed by atoms with Gasteiger partial charge in [0.15, 0.2) is 0 Å². The van der Waals surface area contributed by atoms with Gasteiger partial charge in [-0.25, -0.2) is 4.79 Å². The van der Waals surface area contributed by atoms with Crippen molar-refractivity contribution in [2.45, 2.75) is 0 Å². The van der Waals surface area contributed by atoms with E-state index in [-0.39, 0.29) is 11.3 Å². The van der Waals surface area contributed by atoms with Crippen LogP contribution >= 0.6 is 22.9 Å². The Morgan fingerprint density at radius 2 is 2.05 bits per heavy atom. The number of carboxylic acid groups (broad SMARTS) is 1. The van der Waals surface area contributed by atoms with Gasteiger partial charge in [-0.05, 0) is 29.6 Å². The second kappa shape index (κ2) is 5.29. The van der Waals surface area contributed by atoms with Gasteiger partial charge in [0.2, 0.25) is 0 Å². The Balaban J connectivity index is 2.32. The molecule has 0 aliphatic rings. The number of carbonyl (C=O) groups is 2. The van der Waals surface area contributed by atoms with Crippen molar-refractivity contribution in [2.24, 2.45) is 0 Å². The maximum absolute atomic E-state index is 11.9. The van der Waals surface area contributed by atoms with Gasteiger partial charge in [0.05, 0.1) is 16.3 Å². The quantitative estimate of drug-likeness (QED) is 0.759. The molecule has 0 bridgehead atoms. The minimum atomic E-state index is -1.17. The second-order valence-corrected chi connectivity index (χ2v) is 4.99. The molecule has 0 radical (unpaired) electrons. The number of nitrogen functional groups attached to an aromatic ring is 1. The molecule has 98 valence electrons. The van der Waals surface area contributed by atoms with Crippen LogP contribution in [0.2, 0.25) is 5.02 Å². The number of hydrogen-bond donors (Lipinski definition) is 3. The highest BCUT2D eigenvalue weighted by atomic mass is 35.5. The lowest BCUT2D eigenvalue weighted by Crippen LogP contribution is -2.14. The number of benzene rings is 1. The molecule has 0 aliphatic carbocycles. The number of halogens is 1. The molecule has 1 aromatic carbocycles. The van der Waals surface area contributed by atoms with Crippen molar-refractivity contribution in [2.75, 3.05) is 11.1 Å². The van der Waals surface area contributed by atoms with Crippen LogP contribution in [-0.2, 0) is 0 Å². The van der Waals surface area contributed by atoms with Crippen LogP contribution in [-0.4, -0.2) is 17.0 Å². The molecule has 1 amide bonds. The van der Waals surface area contributed by atoms with Crippen LogP contribution in [0.25, 0.3) is 0 Å². The third-order valence-corrected chi connectivity index (χ3v) is 3.69. The van der Waals surface area contributed by atoms with E-state index in [1.807, 2.05) is 0 Å². The zero-order chi connectivity index (χ0) is 14.0. The number of amides is 1. The zero-order valence-electron chi connectivity index (χ0n) is 9.51. The first-order valence-electron chi connectivity index (χ1n) is 5.16. The number of rotatable bonds is 3. The van der Waals surface area contributed by atoms with E-state index in [4.69, 9.17) is 22.4 Å². The number of thiophene rings is 1. The molecule has 2 rings (SSSR count). The second-order valence-electron chi connectivity index (χ2n) is 3.66. The Hall–Kier alpha value is -2.05. The van der Waals surface area contributed by atoms with Gasteiger partial charge < -0.3 is 16.2 Å². The number of anilines is 2. The Kier molecular flexibility index (Phi) is 3.73. The van der Waals surface area contributed by atoms with Crippen LogP contribution < -0.4 is 11.1 Å². The molecule has 0 fully saturated rings. The van der Waals surface area contributed by atoms with Crippen LogP contribution in [0.5, 0.6) is 0 Å². The SMILES string of the molecule is Nc1ccc(NC(=O)c2sccc2Cl)c(C(=O)O)c1. The van der Waals surface area contributed by atoms with E-state index in [2.05, 4.69) is 5.32 Å². The number of nitrogens with two attached hydrogens (primary N) is 1. The van der Waals surface area contributed by atoms with Crippen molar-refractivity contribution in [1.29, 1.82) is 0 Å². The van der Waals surface area contributed by atoms with Crippen molar-refractivity contribution >= 4 is 46.2 Å². The molecule has 7 heteroatoms. The molecule has 0 unspecified atom stereocenters. The molecule has 0 spiro atoms. The van der Waals surface area contributed by atoms with Gasteiger partial charge in [0.25, 0.3) is 5.91 Å². The summed E-state index contributed by atoms with van der Waals surface area (Å²) in [6.45, 7) is 0. The van der Waals surface area contributed by atoms with Crippen LogP contribution in [0.4, 0.5) is 11.4 Å². The maximum atomic E-state index is 11.9. The molecule has 0 saturated carbocycles. The van der Waals surface area contributed by atoms with Crippen LogP contribution in [0, 0.1) is 0 Å². The van der Waals surface area contributed by atoms with Crippen molar-refractivity contribution in [3.63, 3.8) is 0 Å². The van der Waals surface area contributed by atoms with Gasteiger partial charge >= 0.3 is 5.97 Å². The van der Waals surface area contributed by atoms with E-state index in [1.165, 1.54) is 29.5 Å². The monoisotopic (exact) mass is 296 g/mol. The number of hydrogen-bond acceptors (Lipinski definition) is 4. The van der Waals surface area contributed by atoms with Crippen molar-refractivity contribution in [1.82, 2.24) is 0 Å². The van der Waals surface area contributed by atoms with Gasteiger partial charge in [-0.3, -0.25) is 4.79 Å². The zero-order valence-corrected chi connectivity index (χ0v) is 11.1. The standard InChI is InChI=1S/C12H9ClN2O3S/c13-8-3-4-19-10(8)11(16)15-9-2-1-6(14)5-7(9)12(17)18/h1-5H,14H2,(H,15,16)(H,17,18). The molecule has 0 atom stereocenters. The Morgan fingerprint density at radius 1 is 1.32 bits per heavy atom. The van der Waals surface area contributed by atoms with Gasteiger partial charge in [0.1, 0.15) is 4.88 Å². The lowest BCUT2D eigenvalue weighted by atomic mass is 10.1. The highest BCUT2D eigenvalue weighted by Gasteiger charge is 2.16. The summed E-state index contributed by atoms with van der Waals surface area (Å²) in [5.74, 6) is -1.62. The predicted molar refractivity (Wildman–Crippen MR) is 75.1 cm³/mol. The fourth-order valence-corrected chi connectivity index (χ4v) is 2.52. The first-order chi connectivity index (χ1) is 8.99. The lowest BCUT2D eigenvalue weighted by Gasteiger charge is -2.08. The van der Waals surface area contributed by atoms with E-state index in [9.17, 15) is 9.59 Å². The van der Waals surface area contributed by atoms with E-state index in [1.54, 1.807) is 11.4 Å². The molecule has 0 aliphatic heterocycles. The maximum Gasteiger partial charge on any atom is 0.337 e. The Labute approximate surface area is 117 Å². The molecular formula is C12H9ClN2O3S. The predicted octanol–water partition coefficient (Wildman–Crippen LogP) is 2.93. The summed E-state index contributed by atoms with van der Waals surface area (Å²) in [6.07, 6.45) is 0. The molecule has 1 aromatic heterocycles. The molecule has 0 saturated heterocycles. The lowest BCUT2D eigenvalue weighted by molar-refractivity contribution is 0.0698. The number of nitrogens with one attached hydrogen (secondary N) is 1. The van der Waals surface area contributed by atoms with Crippen LogP contribution in [0.3, 0.4) is 0 Å². The van der Waals surface area contributed by atoms with E-state index < -0.39 is 11.9 Å². The molecule has 5 nitrogen and oxygen atoms in total. The minimum Gasteiger partial charge on any atom is -0.478 e. The highest BCUT2D eigenvalue weighted by Crippen LogP contribution is 2.25. The molecule has 4 N–H and O–H groups in total. The van der Waals surface area contributed by atoms with E-state index in [0.29, 0.717) is 15.6 Å². The van der Waals surface area contributed by atoms with Crippen molar-refractivity contribution < 1.29 is 14.7 Å². The Morgan fingerprint density at radius 3 is 2.63 bits per heavy atom.